The van der Waals surface area contributed by atoms with Crippen LogP contribution in [0.25, 0.3) is 0 Å². The number of likely N-dealkylation sites (tertiary alicyclic amines) is 1. The van der Waals surface area contributed by atoms with E-state index in [9.17, 15) is 0 Å². The van der Waals surface area contributed by atoms with Crippen molar-refractivity contribution in [1.82, 2.24) is 10.2 Å². The quantitative estimate of drug-likeness (QED) is 0.811. The maximum atomic E-state index is 3.45. The van der Waals surface area contributed by atoms with Crippen LogP contribution in [0.1, 0.15) is 59.3 Å². The molecule has 2 rings (SSSR count). The molecule has 106 valence electrons. The second-order valence-corrected chi connectivity index (χ2v) is 7.48. The molecule has 2 aliphatic rings. The lowest BCUT2D eigenvalue weighted by atomic mass is 9.77. The first-order valence-electron chi connectivity index (χ1n) is 7.92. The van der Waals surface area contributed by atoms with Gasteiger partial charge in [0.15, 0.2) is 0 Å². The van der Waals surface area contributed by atoms with Crippen LogP contribution in [0.4, 0.5) is 0 Å². The molecule has 1 aliphatic heterocycles. The monoisotopic (exact) mass is 252 g/mol. The minimum atomic E-state index is 0.499. The molecule has 1 aliphatic carbocycles. The average molecular weight is 252 g/mol. The number of hydrogen-bond acceptors (Lipinski definition) is 2. The molecule has 0 spiro atoms. The number of hydrogen-bond donors (Lipinski definition) is 1. The van der Waals surface area contributed by atoms with Crippen molar-refractivity contribution in [2.75, 3.05) is 20.1 Å². The van der Waals surface area contributed by atoms with Gasteiger partial charge in [-0.15, -0.1) is 0 Å². The summed E-state index contributed by atoms with van der Waals surface area (Å²) >= 11 is 0. The topological polar surface area (TPSA) is 15.3 Å². The van der Waals surface area contributed by atoms with E-state index in [1.165, 1.54) is 51.6 Å². The van der Waals surface area contributed by atoms with Gasteiger partial charge in [0.25, 0.3) is 0 Å². The van der Waals surface area contributed by atoms with Crippen LogP contribution in [-0.4, -0.2) is 37.1 Å². The van der Waals surface area contributed by atoms with Gasteiger partial charge in [0, 0.05) is 12.1 Å². The molecule has 1 saturated carbocycles. The zero-order valence-corrected chi connectivity index (χ0v) is 12.8. The molecule has 0 aromatic heterocycles. The second kappa shape index (κ2) is 5.92. The van der Waals surface area contributed by atoms with E-state index in [0.29, 0.717) is 5.41 Å². The van der Waals surface area contributed by atoms with Gasteiger partial charge in [0.1, 0.15) is 0 Å². The van der Waals surface area contributed by atoms with Crippen molar-refractivity contribution in [1.29, 1.82) is 0 Å². The third-order valence-corrected chi connectivity index (χ3v) is 5.32. The lowest BCUT2D eigenvalue weighted by Gasteiger charge is -2.31. The van der Waals surface area contributed by atoms with Crippen molar-refractivity contribution in [3.05, 3.63) is 0 Å². The Morgan fingerprint density at radius 1 is 1.00 bits per heavy atom. The Kier molecular flexibility index (Phi) is 4.71. The van der Waals surface area contributed by atoms with E-state index < -0.39 is 0 Å². The second-order valence-electron chi connectivity index (χ2n) is 7.48. The number of rotatable bonds is 2. The summed E-state index contributed by atoms with van der Waals surface area (Å²) in [7, 11) is 2.12. The maximum Gasteiger partial charge on any atom is 0.0111 e. The van der Waals surface area contributed by atoms with Crippen LogP contribution in [0.2, 0.25) is 0 Å². The van der Waals surface area contributed by atoms with Gasteiger partial charge in [-0.3, -0.25) is 0 Å². The van der Waals surface area contributed by atoms with Crippen molar-refractivity contribution in [2.45, 2.75) is 71.4 Å². The molecule has 3 atom stereocenters. The van der Waals surface area contributed by atoms with Crippen molar-refractivity contribution in [3.8, 4) is 0 Å². The van der Waals surface area contributed by atoms with E-state index in [1.807, 2.05) is 0 Å². The highest BCUT2D eigenvalue weighted by Gasteiger charge is 2.32. The molecule has 0 amide bonds. The molecule has 3 unspecified atom stereocenters. The lowest BCUT2D eigenvalue weighted by Crippen LogP contribution is -2.36. The Hall–Kier alpha value is -0.0800. The summed E-state index contributed by atoms with van der Waals surface area (Å²) in [5, 5.41) is 3.45. The van der Waals surface area contributed by atoms with Gasteiger partial charge in [-0.2, -0.15) is 0 Å². The summed E-state index contributed by atoms with van der Waals surface area (Å²) in [5.41, 5.74) is 0.499. The van der Waals surface area contributed by atoms with E-state index in [2.05, 4.69) is 38.0 Å². The lowest BCUT2D eigenvalue weighted by molar-refractivity contribution is 0.182. The fourth-order valence-corrected chi connectivity index (χ4v) is 3.90. The number of nitrogens with one attached hydrogen (secondary N) is 1. The fourth-order valence-electron chi connectivity index (χ4n) is 3.90. The summed E-state index contributed by atoms with van der Waals surface area (Å²) in [5.74, 6) is 0.920. The Morgan fingerprint density at radius 3 is 2.39 bits per heavy atom. The molecular formula is C16H32N2. The molecule has 1 saturated heterocycles. The Labute approximate surface area is 114 Å². The largest absolute Gasteiger partial charge is 0.317 e. The highest BCUT2D eigenvalue weighted by Crippen LogP contribution is 2.35. The van der Waals surface area contributed by atoms with E-state index >= 15 is 0 Å². The summed E-state index contributed by atoms with van der Waals surface area (Å²) in [6, 6.07) is 1.64. The average Bonchev–Trinajstić information content (AvgIpc) is 2.64. The van der Waals surface area contributed by atoms with Crippen molar-refractivity contribution >= 4 is 0 Å². The molecule has 2 heteroatoms. The van der Waals surface area contributed by atoms with Gasteiger partial charge in [-0.25, -0.2) is 0 Å². The third-order valence-electron chi connectivity index (χ3n) is 5.32. The van der Waals surface area contributed by atoms with E-state index in [-0.39, 0.29) is 0 Å². The van der Waals surface area contributed by atoms with E-state index in [0.717, 1.165) is 18.0 Å². The summed E-state index contributed by atoms with van der Waals surface area (Å²) < 4.78 is 0. The first-order chi connectivity index (χ1) is 8.50. The molecule has 2 nitrogen and oxygen atoms in total. The third kappa shape index (κ3) is 3.48. The molecule has 1 heterocycles. The molecule has 1 N–H and O–H groups in total. The molecule has 0 aromatic rings. The SMILES string of the molecule is CNC1CCC(N2CCCC(C(C)(C)C)CC2)C1. The fraction of sp³-hybridized carbons (Fsp3) is 1.00. The van der Waals surface area contributed by atoms with Crippen LogP contribution >= 0.6 is 0 Å². The van der Waals surface area contributed by atoms with Gasteiger partial charge in [-0.05, 0) is 70.0 Å². The predicted octanol–water partition coefficient (Wildman–Crippen LogP) is 3.28. The Morgan fingerprint density at radius 2 is 1.78 bits per heavy atom. The van der Waals surface area contributed by atoms with Crippen LogP contribution in [0.5, 0.6) is 0 Å². The zero-order valence-electron chi connectivity index (χ0n) is 12.8. The van der Waals surface area contributed by atoms with Crippen molar-refractivity contribution in [3.63, 3.8) is 0 Å². The zero-order chi connectivity index (χ0) is 13.2. The molecular weight excluding hydrogens is 220 g/mol. The number of nitrogens with zero attached hydrogens (tertiary/aromatic N) is 1. The van der Waals surface area contributed by atoms with Crippen LogP contribution in [0, 0.1) is 11.3 Å². The molecule has 2 fully saturated rings. The standard InChI is InChI=1S/C16H32N2/c1-16(2,3)13-6-5-10-18(11-9-13)15-8-7-14(12-15)17-4/h13-15,17H,5-12H2,1-4H3. The smallest absolute Gasteiger partial charge is 0.0111 e. The van der Waals surface area contributed by atoms with Gasteiger partial charge in [-0.1, -0.05) is 20.8 Å². The molecule has 0 aromatic carbocycles. The van der Waals surface area contributed by atoms with Crippen LogP contribution in [-0.2, 0) is 0 Å². The van der Waals surface area contributed by atoms with Crippen LogP contribution < -0.4 is 5.32 Å². The highest BCUT2D eigenvalue weighted by atomic mass is 15.2. The Balaban J connectivity index is 1.86. The van der Waals surface area contributed by atoms with Crippen molar-refractivity contribution < 1.29 is 0 Å². The van der Waals surface area contributed by atoms with Crippen LogP contribution in [0.15, 0.2) is 0 Å². The molecule has 0 radical (unpaired) electrons. The van der Waals surface area contributed by atoms with E-state index in [1.54, 1.807) is 0 Å². The van der Waals surface area contributed by atoms with Crippen molar-refractivity contribution in [2.24, 2.45) is 11.3 Å². The summed E-state index contributed by atoms with van der Waals surface area (Å²) in [4.78, 5) is 2.79. The first-order valence-corrected chi connectivity index (χ1v) is 7.92. The predicted molar refractivity (Wildman–Crippen MR) is 78.9 cm³/mol. The first kappa shape index (κ1) is 14.3. The van der Waals surface area contributed by atoms with Gasteiger partial charge >= 0.3 is 0 Å². The molecule has 18 heavy (non-hydrogen) atoms. The maximum absolute atomic E-state index is 3.45. The minimum Gasteiger partial charge on any atom is -0.317 e. The Bertz CT molecular complexity index is 256. The summed E-state index contributed by atoms with van der Waals surface area (Å²) in [6.07, 6.45) is 8.40. The minimum absolute atomic E-state index is 0.499. The molecule has 0 bridgehead atoms. The summed E-state index contributed by atoms with van der Waals surface area (Å²) in [6.45, 7) is 9.93. The highest BCUT2D eigenvalue weighted by molar-refractivity contribution is 4.88. The normalized spacial score (nSPS) is 35.7. The van der Waals surface area contributed by atoms with Gasteiger partial charge in [0.05, 0.1) is 0 Å². The van der Waals surface area contributed by atoms with Gasteiger partial charge < -0.3 is 10.2 Å². The van der Waals surface area contributed by atoms with Gasteiger partial charge in [0.2, 0.25) is 0 Å². The van der Waals surface area contributed by atoms with E-state index in [4.69, 9.17) is 0 Å². The van der Waals surface area contributed by atoms with Crippen LogP contribution in [0.3, 0.4) is 0 Å².